The molecule has 0 radical (unpaired) electrons. The molecule has 1 fully saturated rings. The first-order valence-corrected chi connectivity index (χ1v) is 9.53. The van der Waals surface area contributed by atoms with E-state index in [0.29, 0.717) is 25.1 Å². The second-order valence-electron chi connectivity index (χ2n) is 5.37. The number of pyridine rings is 1. The third kappa shape index (κ3) is 3.29. The lowest BCUT2D eigenvalue weighted by Crippen LogP contribution is -2.42. The second kappa shape index (κ2) is 6.38. The van der Waals surface area contributed by atoms with E-state index in [2.05, 4.69) is 10.3 Å². The van der Waals surface area contributed by atoms with E-state index in [-0.39, 0.29) is 10.1 Å². The van der Waals surface area contributed by atoms with E-state index in [1.54, 1.807) is 30.5 Å². The number of aromatic nitrogens is 1. The minimum absolute atomic E-state index is 0.288. The van der Waals surface area contributed by atoms with Crippen molar-refractivity contribution in [1.29, 1.82) is 0 Å². The molecule has 1 saturated heterocycles. The minimum atomic E-state index is -3.63. The van der Waals surface area contributed by atoms with Crippen molar-refractivity contribution in [3.8, 4) is 0 Å². The summed E-state index contributed by atoms with van der Waals surface area (Å²) >= 11 is 1.23. The average Bonchev–Trinajstić information content (AvgIpc) is 3.17. The Hall–Kier alpha value is -1.77. The van der Waals surface area contributed by atoms with Gasteiger partial charge in [-0.1, -0.05) is 0 Å². The summed E-state index contributed by atoms with van der Waals surface area (Å²) in [6, 6.07) is 6.14. The quantitative estimate of drug-likeness (QED) is 0.916. The van der Waals surface area contributed by atoms with E-state index in [0.717, 1.165) is 4.88 Å². The van der Waals surface area contributed by atoms with Gasteiger partial charge in [0.25, 0.3) is 10.0 Å². The number of sulfonamides is 1. The first-order valence-electron chi connectivity index (χ1n) is 7.27. The van der Waals surface area contributed by atoms with Gasteiger partial charge in [-0.3, -0.25) is 9.78 Å². The van der Waals surface area contributed by atoms with Crippen molar-refractivity contribution in [1.82, 2.24) is 9.29 Å². The molecule has 1 atom stereocenters. The van der Waals surface area contributed by atoms with Crippen LogP contribution in [0.3, 0.4) is 0 Å². The third-order valence-corrected chi connectivity index (χ3v) is 7.09. The Bertz CT molecular complexity index is 802. The first kappa shape index (κ1) is 16.1. The highest BCUT2D eigenvalue weighted by molar-refractivity contribution is 7.91. The van der Waals surface area contributed by atoms with Crippen molar-refractivity contribution in [3.05, 3.63) is 41.5 Å². The molecule has 23 heavy (non-hydrogen) atoms. The van der Waals surface area contributed by atoms with E-state index in [9.17, 15) is 13.2 Å². The summed E-state index contributed by atoms with van der Waals surface area (Å²) in [6.45, 7) is 2.23. The maximum Gasteiger partial charge on any atom is 0.253 e. The fourth-order valence-corrected chi connectivity index (χ4v) is 5.69. The van der Waals surface area contributed by atoms with Crippen LogP contribution in [0.5, 0.6) is 0 Å². The van der Waals surface area contributed by atoms with Crippen molar-refractivity contribution in [3.63, 3.8) is 0 Å². The summed E-state index contributed by atoms with van der Waals surface area (Å²) in [6.07, 6.45) is 4.35. The number of hydrogen-bond donors (Lipinski definition) is 1. The molecule has 0 spiro atoms. The van der Waals surface area contributed by atoms with Gasteiger partial charge in [0.05, 0.1) is 11.9 Å². The topological polar surface area (TPSA) is 79.4 Å². The van der Waals surface area contributed by atoms with Gasteiger partial charge in [0.2, 0.25) is 5.91 Å². The van der Waals surface area contributed by atoms with Crippen LogP contribution in [0, 0.1) is 6.92 Å². The zero-order valence-electron chi connectivity index (χ0n) is 12.6. The van der Waals surface area contributed by atoms with Crippen molar-refractivity contribution in [2.45, 2.75) is 30.0 Å². The molecule has 0 aliphatic carbocycles. The fraction of sp³-hybridized carbons (Fsp3) is 0.333. The fourth-order valence-electron chi connectivity index (χ4n) is 2.62. The highest BCUT2D eigenvalue weighted by Gasteiger charge is 2.40. The first-order chi connectivity index (χ1) is 11.0. The molecule has 1 aliphatic rings. The maximum absolute atomic E-state index is 12.8. The van der Waals surface area contributed by atoms with Gasteiger partial charge >= 0.3 is 0 Å². The van der Waals surface area contributed by atoms with Crippen LogP contribution in [0.1, 0.15) is 17.7 Å². The van der Waals surface area contributed by atoms with Crippen LogP contribution in [0.25, 0.3) is 0 Å². The summed E-state index contributed by atoms with van der Waals surface area (Å²) in [5.74, 6) is -0.313. The van der Waals surface area contributed by atoms with Gasteiger partial charge in [0.1, 0.15) is 10.3 Å². The Morgan fingerprint density at radius 3 is 2.87 bits per heavy atom. The van der Waals surface area contributed by atoms with Crippen LogP contribution < -0.4 is 5.32 Å². The van der Waals surface area contributed by atoms with Gasteiger partial charge in [0.15, 0.2) is 0 Å². The number of thiophene rings is 1. The average molecular weight is 351 g/mol. The molecule has 3 rings (SSSR count). The van der Waals surface area contributed by atoms with Crippen molar-refractivity contribution < 1.29 is 13.2 Å². The Kier molecular flexibility index (Phi) is 4.47. The number of hydrogen-bond acceptors (Lipinski definition) is 5. The van der Waals surface area contributed by atoms with Crippen molar-refractivity contribution in [2.75, 3.05) is 11.9 Å². The highest BCUT2D eigenvalue weighted by Crippen LogP contribution is 2.30. The molecule has 122 valence electrons. The molecule has 8 heteroatoms. The number of aryl methyl sites for hydroxylation is 1. The highest BCUT2D eigenvalue weighted by atomic mass is 32.2. The van der Waals surface area contributed by atoms with Crippen LogP contribution in [-0.2, 0) is 14.8 Å². The maximum atomic E-state index is 12.8. The molecule has 0 unspecified atom stereocenters. The molecule has 0 saturated carbocycles. The zero-order valence-corrected chi connectivity index (χ0v) is 14.2. The number of amides is 1. The van der Waals surface area contributed by atoms with Gasteiger partial charge in [-0.15, -0.1) is 11.3 Å². The molecular weight excluding hydrogens is 334 g/mol. The smallest absolute Gasteiger partial charge is 0.253 e. The summed E-state index contributed by atoms with van der Waals surface area (Å²) < 4.78 is 27.1. The monoisotopic (exact) mass is 351 g/mol. The number of anilines is 1. The molecule has 3 heterocycles. The van der Waals surface area contributed by atoms with Gasteiger partial charge in [-0.2, -0.15) is 4.31 Å². The lowest BCUT2D eigenvalue weighted by Gasteiger charge is -2.22. The second-order valence-corrected chi connectivity index (χ2v) is 8.78. The van der Waals surface area contributed by atoms with Gasteiger partial charge < -0.3 is 5.32 Å². The summed E-state index contributed by atoms with van der Waals surface area (Å²) in [4.78, 5) is 17.3. The molecule has 0 bridgehead atoms. The van der Waals surface area contributed by atoms with E-state index < -0.39 is 16.1 Å². The van der Waals surface area contributed by atoms with E-state index in [1.165, 1.54) is 21.8 Å². The Morgan fingerprint density at radius 2 is 2.22 bits per heavy atom. The molecule has 6 nitrogen and oxygen atoms in total. The number of carbonyl (C=O) groups is 1. The van der Waals surface area contributed by atoms with Crippen LogP contribution >= 0.6 is 11.3 Å². The van der Waals surface area contributed by atoms with Gasteiger partial charge in [-0.25, -0.2) is 8.42 Å². The summed E-state index contributed by atoms with van der Waals surface area (Å²) in [7, 11) is -3.63. The number of nitrogens with zero attached hydrogens (tertiary/aromatic N) is 2. The zero-order chi connectivity index (χ0) is 16.4. The number of nitrogens with one attached hydrogen (secondary N) is 1. The molecule has 2 aromatic rings. The Balaban J connectivity index is 1.81. The molecule has 2 aromatic heterocycles. The van der Waals surface area contributed by atoms with Crippen molar-refractivity contribution >= 4 is 33.0 Å². The number of rotatable bonds is 4. The summed E-state index contributed by atoms with van der Waals surface area (Å²) in [5.41, 5.74) is 0.564. The van der Waals surface area contributed by atoms with Crippen LogP contribution in [0.15, 0.2) is 40.9 Å². The molecule has 0 aromatic carbocycles. The predicted octanol–water partition coefficient (Wildman–Crippen LogP) is 2.24. The number of carbonyl (C=O) groups excluding carboxylic acids is 1. The lowest BCUT2D eigenvalue weighted by atomic mass is 10.2. The largest absolute Gasteiger partial charge is 0.323 e. The van der Waals surface area contributed by atoms with Crippen LogP contribution in [-0.4, -0.2) is 36.2 Å². The third-order valence-electron chi connectivity index (χ3n) is 3.71. The van der Waals surface area contributed by atoms with E-state index in [4.69, 9.17) is 0 Å². The normalized spacial score (nSPS) is 18.9. The van der Waals surface area contributed by atoms with Crippen LogP contribution in [0.2, 0.25) is 0 Å². The molecular formula is C15H17N3O3S2. The minimum Gasteiger partial charge on any atom is -0.323 e. The predicted molar refractivity (Wildman–Crippen MR) is 88.8 cm³/mol. The van der Waals surface area contributed by atoms with E-state index in [1.807, 2.05) is 6.92 Å². The molecule has 1 N–H and O–H groups in total. The SMILES string of the molecule is Cc1ccc(S(=O)(=O)N2CCC[C@@H]2C(=O)Nc2cccnc2)s1. The lowest BCUT2D eigenvalue weighted by molar-refractivity contribution is -0.119. The molecule has 1 amide bonds. The Morgan fingerprint density at radius 1 is 1.39 bits per heavy atom. The standard InChI is InChI=1S/C15H17N3O3S2/c1-11-6-7-14(22-11)23(20,21)18-9-3-5-13(18)15(19)17-12-4-2-8-16-10-12/h2,4,6-8,10,13H,3,5,9H2,1H3,(H,17,19)/t13-/m1/s1. The van der Waals surface area contributed by atoms with Crippen LogP contribution in [0.4, 0.5) is 5.69 Å². The Labute approximate surface area is 139 Å². The molecule has 1 aliphatic heterocycles. The summed E-state index contributed by atoms with van der Waals surface area (Å²) in [5, 5.41) is 2.74. The van der Waals surface area contributed by atoms with Gasteiger partial charge in [0, 0.05) is 17.6 Å². The van der Waals surface area contributed by atoms with E-state index >= 15 is 0 Å². The van der Waals surface area contributed by atoms with Gasteiger partial charge in [-0.05, 0) is 44.0 Å². The van der Waals surface area contributed by atoms with Crippen molar-refractivity contribution in [2.24, 2.45) is 0 Å².